The summed E-state index contributed by atoms with van der Waals surface area (Å²) in [5, 5.41) is 20.8. The van der Waals surface area contributed by atoms with Crippen molar-refractivity contribution in [3.05, 3.63) is 0 Å². The van der Waals surface area contributed by atoms with Crippen LogP contribution in [0.25, 0.3) is 0 Å². The first kappa shape index (κ1) is 13.0. The number of nitrogens with zero attached hydrogens (tertiary/aromatic N) is 1. The summed E-state index contributed by atoms with van der Waals surface area (Å²) < 4.78 is 5.03. The van der Waals surface area contributed by atoms with Gasteiger partial charge in [-0.25, -0.2) is 4.79 Å². The van der Waals surface area contributed by atoms with Crippen LogP contribution >= 0.6 is 22.6 Å². The van der Waals surface area contributed by atoms with E-state index in [1.807, 2.05) is 22.6 Å². The lowest BCUT2D eigenvalue weighted by Gasteiger charge is -2.33. The number of hydrogen-bond acceptors (Lipinski definition) is 5. The molecule has 96 valence electrons. The summed E-state index contributed by atoms with van der Waals surface area (Å²) in [5.41, 5.74) is 0. The van der Waals surface area contributed by atoms with E-state index in [1.165, 1.54) is 4.90 Å². The van der Waals surface area contributed by atoms with Gasteiger partial charge in [-0.05, 0) is 0 Å². The van der Waals surface area contributed by atoms with Crippen LogP contribution in [0.2, 0.25) is 0 Å². The standard InChI is InChI=1S/C9H13IN2O5/c10-4-2-12(9(16)11-8(4)15)7-1-5(14)6(3-13)17-7/h4-7,13-14H,1-3H2,(H,11,15,16)/t4?,5-,6+,7+/m0/s1. The van der Waals surface area contributed by atoms with E-state index < -0.39 is 24.5 Å². The molecule has 0 aromatic rings. The predicted molar refractivity (Wildman–Crippen MR) is 64.4 cm³/mol. The lowest BCUT2D eigenvalue weighted by molar-refractivity contribution is -0.122. The van der Waals surface area contributed by atoms with Crippen LogP contribution < -0.4 is 5.32 Å². The number of amides is 3. The van der Waals surface area contributed by atoms with Crippen molar-refractivity contribution in [2.45, 2.75) is 28.8 Å². The molecule has 0 bridgehead atoms. The summed E-state index contributed by atoms with van der Waals surface area (Å²) in [6, 6.07) is -0.515. The molecule has 2 saturated heterocycles. The highest BCUT2D eigenvalue weighted by Crippen LogP contribution is 2.25. The maximum absolute atomic E-state index is 11.6. The number of imide groups is 1. The van der Waals surface area contributed by atoms with Crippen LogP contribution in [0.5, 0.6) is 0 Å². The Hall–Kier alpha value is -0.450. The Balaban J connectivity index is 2.03. The summed E-state index contributed by atoms with van der Waals surface area (Å²) in [5.74, 6) is -0.316. The van der Waals surface area contributed by atoms with Gasteiger partial charge >= 0.3 is 6.03 Å². The molecule has 2 rings (SSSR count). The fourth-order valence-electron chi connectivity index (χ4n) is 1.91. The molecular formula is C9H13IN2O5. The number of carbonyl (C=O) groups excluding carboxylic acids is 2. The molecule has 0 spiro atoms. The number of ether oxygens (including phenoxy) is 1. The fourth-order valence-corrected chi connectivity index (χ4v) is 2.49. The Morgan fingerprint density at radius 2 is 2.24 bits per heavy atom. The minimum atomic E-state index is -0.789. The number of rotatable bonds is 2. The normalized spacial score (nSPS) is 38.4. The Labute approximate surface area is 111 Å². The SMILES string of the molecule is O=C1NC(=O)N([C@H]2C[C@H](O)[C@@H](CO)O2)CC1I. The quantitative estimate of drug-likeness (QED) is 0.427. The van der Waals surface area contributed by atoms with Gasteiger partial charge < -0.3 is 14.9 Å². The van der Waals surface area contributed by atoms with E-state index in [0.29, 0.717) is 0 Å². The van der Waals surface area contributed by atoms with Crippen molar-refractivity contribution < 1.29 is 24.5 Å². The third-order valence-electron chi connectivity index (χ3n) is 2.86. The molecule has 8 heteroatoms. The van der Waals surface area contributed by atoms with E-state index in [4.69, 9.17) is 9.84 Å². The minimum Gasteiger partial charge on any atom is -0.394 e. The summed E-state index contributed by atoms with van der Waals surface area (Å²) >= 11 is 1.94. The van der Waals surface area contributed by atoms with Crippen LogP contribution in [0.1, 0.15) is 6.42 Å². The molecule has 0 aromatic carbocycles. The average molecular weight is 356 g/mol. The second kappa shape index (κ2) is 5.04. The van der Waals surface area contributed by atoms with Crippen molar-refractivity contribution in [1.29, 1.82) is 0 Å². The van der Waals surface area contributed by atoms with Gasteiger partial charge in [-0.1, -0.05) is 22.6 Å². The first-order valence-corrected chi connectivity index (χ1v) is 6.47. The largest absolute Gasteiger partial charge is 0.394 e. The molecule has 0 aliphatic carbocycles. The molecule has 1 unspecified atom stereocenters. The average Bonchev–Trinajstić information content (AvgIpc) is 2.65. The van der Waals surface area contributed by atoms with E-state index in [0.717, 1.165) is 0 Å². The van der Waals surface area contributed by atoms with Crippen molar-refractivity contribution in [3.63, 3.8) is 0 Å². The second-order valence-electron chi connectivity index (χ2n) is 4.03. The van der Waals surface area contributed by atoms with E-state index in [2.05, 4.69) is 5.32 Å². The number of carbonyl (C=O) groups is 2. The van der Waals surface area contributed by atoms with Gasteiger partial charge in [0.15, 0.2) is 0 Å². The van der Waals surface area contributed by atoms with Gasteiger partial charge in [-0.2, -0.15) is 0 Å². The zero-order valence-corrected chi connectivity index (χ0v) is 11.0. The van der Waals surface area contributed by atoms with Gasteiger partial charge in [0.25, 0.3) is 0 Å². The molecule has 3 N–H and O–H groups in total. The monoisotopic (exact) mass is 356 g/mol. The fraction of sp³-hybridized carbons (Fsp3) is 0.778. The van der Waals surface area contributed by atoms with Crippen LogP contribution in [0.4, 0.5) is 4.79 Å². The number of halogens is 1. The van der Waals surface area contributed by atoms with Crippen LogP contribution in [-0.4, -0.2) is 62.6 Å². The Morgan fingerprint density at radius 1 is 1.53 bits per heavy atom. The Kier molecular flexibility index (Phi) is 3.85. The first-order chi connectivity index (χ1) is 8.02. The summed E-state index contributed by atoms with van der Waals surface area (Å²) in [7, 11) is 0. The summed E-state index contributed by atoms with van der Waals surface area (Å²) in [4.78, 5) is 24.2. The lowest BCUT2D eigenvalue weighted by atomic mass is 10.2. The number of alkyl halides is 1. The molecule has 3 amide bonds. The maximum Gasteiger partial charge on any atom is 0.326 e. The van der Waals surface area contributed by atoms with Gasteiger partial charge in [-0.3, -0.25) is 15.0 Å². The van der Waals surface area contributed by atoms with Crippen molar-refractivity contribution in [2.24, 2.45) is 0 Å². The number of hydrogen-bond donors (Lipinski definition) is 3. The smallest absolute Gasteiger partial charge is 0.326 e. The third kappa shape index (κ3) is 2.54. The summed E-state index contributed by atoms with van der Waals surface area (Å²) in [6.45, 7) is -0.0412. The Morgan fingerprint density at radius 3 is 2.82 bits per heavy atom. The van der Waals surface area contributed by atoms with E-state index in [9.17, 15) is 14.7 Å². The number of aliphatic hydroxyl groups is 2. The van der Waals surface area contributed by atoms with Crippen LogP contribution in [-0.2, 0) is 9.53 Å². The molecular weight excluding hydrogens is 343 g/mol. The molecule has 2 heterocycles. The highest BCUT2D eigenvalue weighted by atomic mass is 127. The second-order valence-corrected chi connectivity index (χ2v) is 5.53. The van der Waals surface area contributed by atoms with Crippen LogP contribution in [0.15, 0.2) is 0 Å². The number of aliphatic hydroxyl groups excluding tert-OH is 2. The maximum atomic E-state index is 11.6. The minimum absolute atomic E-state index is 0.246. The van der Waals surface area contributed by atoms with Crippen LogP contribution in [0.3, 0.4) is 0 Å². The number of nitrogens with one attached hydrogen (secondary N) is 1. The molecule has 2 fully saturated rings. The van der Waals surface area contributed by atoms with E-state index in [-0.39, 0.29) is 29.4 Å². The zero-order valence-electron chi connectivity index (χ0n) is 8.88. The highest BCUT2D eigenvalue weighted by molar-refractivity contribution is 14.1. The van der Waals surface area contributed by atoms with Gasteiger partial charge in [-0.15, -0.1) is 0 Å². The van der Waals surface area contributed by atoms with E-state index in [1.54, 1.807) is 0 Å². The first-order valence-electron chi connectivity index (χ1n) is 5.23. The van der Waals surface area contributed by atoms with Gasteiger partial charge in [0.1, 0.15) is 16.3 Å². The van der Waals surface area contributed by atoms with Crippen molar-refractivity contribution in [3.8, 4) is 0 Å². The topological polar surface area (TPSA) is 99.1 Å². The highest BCUT2D eigenvalue weighted by Gasteiger charge is 2.42. The van der Waals surface area contributed by atoms with Crippen LogP contribution in [0, 0.1) is 0 Å². The molecule has 17 heavy (non-hydrogen) atoms. The molecule has 0 saturated carbocycles. The van der Waals surface area contributed by atoms with Crippen molar-refractivity contribution in [2.75, 3.05) is 13.2 Å². The number of urea groups is 1. The zero-order chi connectivity index (χ0) is 12.6. The van der Waals surface area contributed by atoms with E-state index >= 15 is 0 Å². The van der Waals surface area contributed by atoms with Crippen molar-refractivity contribution in [1.82, 2.24) is 10.2 Å². The molecule has 2 aliphatic heterocycles. The lowest BCUT2D eigenvalue weighted by Crippen LogP contribution is -2.58. The molecule has 4 atom stereocenters. The summed E-state index contributed by atoms with van der Waals surface area (Å²) in [6.07, 6.45) is -1.80. The third-order valence-corrected chi connectivity index (χ3v) is 3.82. The van der Waals surface area contributed by atoms with Crippen molar-refractivity contribution >= 4 is 34.5 Å². The molecule has 0 aromatic heterocycles. The van der Waals surface area contributed by atoms with Gasteiger partial charge in [0, 0.05) is 13.0 Å². The molecule has 2 aliphatic rings. The molecule has 0 radical (unpaired) electrons. The predicted octanol–water partition coefficient (Wildman–Crippen LogP) is -1.19. The Bertz CT molecular complexity index is 339. The molecule has 7 nitrogen and oxygen atoms in total. The van der Waals surface area contributed by atoms with Gasteiger partial charge in [0.05, 0.1) is 12.7 Å². The van der Waals surface area contributed by atoms with Gasteiger partial charge in [0.2, 0.25) is 5.91 Å².